The number of aliphatic hydroxyl groups excluding tert-OH is 1. The smallest absolute Gasteiger partial charge is 0.300 e. The van der Waals surface area contributed by atoms with Gasteiger partial charge in [-0.1, -0.05) is 50.2 Å². The van der Waals surface area contributed by atoms with Crippen molar-refractivity contribution in [2.45, 2.75) is 39.7 Å². The van der Waals surface area contributed by atoms with Crippen LogP contribution in [0.15, 0.2) is 72.3 Å². The molecule has 0 radical (unpaired) electrons. The predicted molar refractivity (Wildman–Crippen MR) is 134 cm³/mol. The van der Waals surface area contributed by atoms with Crippen molar-refractivity contribution in [3.63, 3.8) is 0 Å². The molecule has 1 fully saturated rings. The molecule has 0 saturated carbocycles. The topological polar surface area (TPSA) is 66.8 Å². The van der Waals surface area contributed by atoms with Crippen LogP contribution in [0.5, 0.6) is 5.75 Å². The van der Waals surface area contributed by atoms with E-state index in [1.165, 1.54) is 4.90 Å². The standard InChI is InChI=1S/C29H29NO4/c1-17(2)23-16-21(12-14-24(23)34-5)27(31)25-26(20-9-7-6-8-10-20)30(29(33)28(25)32)22-13-11-18(3)19(4)15-22/h6-17,26,31H,1-5H3/b27-25-. The lowest BCUT2D eigenvalue weighted by Crippen LogP contribution is -2.29. The van der Waals surface area contributed by atoms with Crippen molar-refractivity contribution >= 4 is 23.1 Å². The monoisotopic (exact) mass is 455 g/mol. The van der Waals surface area contributed by atoms with Gasteiger partial charge in [0.05, 0.1) is 18.7 Å². The van der Waals surface area contributed by atoms with Crippen LogP contribution in [0.3, 0.4) is 0 Å². The first kappa shape index (κ1) is 23.3. The van der Waals surface area contributed by atoms with Crippen molar-refractivity contribution in [1.82, 2.24) is 0 Å². The minimum atomic E-state index is -0.743. The van der Waals surface area contributed by atoms with E-state index in [0.29, 0.717) is 17.0 Å². The van der Waals surface area contributed by atoms with Gasteiger partial charge in [0.15, 0.2) is 0 Å². The van der Waals surface area contributed by atoms with Gasteiger partial charge in [0.1, 0.15) is 11.5 Å². The lowest BCUT2D eigenvalue weighted by molar-refractivity contribution is -0.132. The average Bonchev–Trinajstić information content (AvgIpc) is 3.11. The van der Waals surface area contributed by atoms with Gasteiger partial charge in [0.25, 0.3) is 11.7 Å². The van der Waals surface area contributed by atoms with E-state index in [9.17, 15) is 14.7 Å². The summed E-state index contributed by atoms with van der Waals surface area (Å²) in [6.45, 7) is 8.03. The van der Waals surface area contributed by atoms with Crippen LogP contribution in [0.25, 0.3) is 5.76 Å². The molecule has 174 valence electrons. The second-order valence-corrected chi connectivity index (χ2v) is 8.96. The number of nitrogens with zero attached hydrogens (tertiary/aromatic N) is 1. The Labute approximate surface area is 200 Å². The van der Waals surface area contributed by atoms with Crippen molar-refractivity contribution in [3.05, 3.63) is 100 Å². The summed E-state index contributed by atoms with van der Waals surface area (Å²) in [7, 11) is 1.60. The Bertz CT molecular complexity index is 1290. The molecule has 1 atom stereocenters. The van der Waals surface area contributed by atoms with E-state index in [2.05, 4.69) is 0 Å². The van der Waals surface area contributed by atoms with E-state index in [1.807, 2.05) is 82.3 Å². The Morgan fingerprint density at radius 3 is 2.26 bits per heavy atom. The van der Waals surface area contributed by atoms with Crippen LogP contribution in [0.2, 0.25) is 0 Å². The third-order valence-electron chi connectivity index (χ3n) is 6.45. The lowest BCUT2D eigenvalue weighted by Gasteiger charge is -2.26. The van der Waals surface area contributed by atoms with Crippen LogP contribution in [-0.2, 0) is 9.59 Å². The van der Waals surface area contributed by atoms with Crippen molar-refractivity contribution in [2.24, 2.45) is 0 Å². The highest BCUT2D eigenvalue weighted by molar-refractivity contribution is 6.51. The molecule has 1 amide bonds. The Kier molecular flexibility index (Phi) is 6.29. The van der Waals surface area contributed by atoms with Crippen molar-refractivity contribution in [1.29, 1.82) is 0 Å². The highest BCUT2D eigenvalue weighted by atomic mass is 16.5. The maximum Gasteiger partial charge on any atom is 0.300 e. The minimum Gasteiger partial charge on any atom is -0.507 e. The third-order valence-corrected chi connectivity index (χ3v) is 6.45. The molecule has 1 aliphatic heterocycles. The molecule has 5 nitrogen and oxygen atoms in total. The number of hydrogen-bond acceptors (Lipinski definition) is 4. The summed E-state index contributed by atoms with van der Waals surface area (Å²) >= 11 is 0. The number of aliphatic hydroxyl groups is 1. The van der Waals surface area contributed by atoms with E-state index < -0.39 is 17.7 Å². The molecule has 3 aromatic carbocycles. The first-order chi connectivity index (χ1) is 16.2. The second kappa shape index (κ2) is 9.18. The van der Waals surface area contributed by atoms with E-state index in [1.54, 1.807) is 19.2 Å². The molecule has 3 aromatic rings. The minimum absolute atomic E-state index is 0.0781. The van der Waals surface area contributed by atoms with Gasteiger partial charge >= 0.3 is 0 Å². The highest BCUT2D eigenvalue weighted by Gasteiger charge is 2.47. The Morgan fingerprint density at radius 2 is 1.65 bits per heavy atom. The number of hydrogen-bond donors (Lipinski definition) is 1. The summed E-state index contributed by atoms with van der Waals surface area (Å²) in [4.78, 5) is 28.2. The molecule has 1 N–H and O–H groups in total. The predicted octanol–water partition coefficient (Wildman–Crippen LogP) is 6.06. The quantitative estimate of drug-likeness (QED) is 0.288. The molecule has 5 heteroatoms. The van der Waals surface area contributed by atoms with Gasteiger partial charge in [-0.15, -0.1) is 0 Å². The Morgan fingerprint density at radius 1 is 0.941 bits per heavy atom. The Balaban J connectivity index is 1.94. The zero-order chi connectivity index (χ0) is 24.6. The van der Waals surface area contributed by atoms with Gasteiger partial charge in [-0.3, -0.25) is 14.5 Å². The van der Waals surface area contributed by atoms with Crippen molar-refractivity contribution in [2.75, 3.05) is 12.0 Å². The van der Waals surface area contributed by atoms with Crippen LogP contribution in [0.4, 0.5) is 5.69 Å². The van der Waals surface area contributed by atoms with E-state index in [0.717, 1.165) is 22.3 Å². The number of carbonyl (C=O) groups excluding carboxylic acids is 2. The maximum absolute atomic E-state index is 13.3. The number of anilines is 1. The fourth-order valence-corrected chi connectivity index (χ4v) is 4.41. The van der Waals surface area contributed by atoms with Gasteiger partial charge in [-0.2, -0.15) is 0 Å². The average molecular weight is 456 g/mol. The number of methoxy groups -OCH3 is 1. The largest absolute Gasteiger partial charge is 0.507 e. The summed E-state index contributed by atoms with van der Waals surface area (Å²) < 4.78 is 5.46. The molecule has 0 bridgehead atoms. The summed E-state index contributed by atoms with van der Waals surface area (Å²) in [5, 5.41) is 11.4. The summed E-state index contributed by atoms with van der Waals surface area (Å²) in [6.07, 6.45) is 0. The summed E-state index contributed by atoms with van der Waals surface area (Å²) in [5.74, 6) is -0.696. The highest BCUT2D eigenvalue weighted by Crippen LogP contribution is 2.43. The first-order valence-corrected chi connectivity index (χ1v) is 11.4. The number of amides is 1. The molecule has 1 heterocycles. The van der Waals surface area contributed by atoms with E-state index in [4.69, 9.17) is 4.74 Å². The molecule has 0 spiro atoms. The van der Waals surface area contributed by atoms with Crippen LogP contribution in [0.1, 0.15) is 53.6 Å². The van der Waals surface area contributed by atoms with Crippen molar-refractivity contribution < 1.29 is 19.4 Å². The van der Waals surface area contributed by atoms with Gasteiger partial charge in [-0.25, -0.2) is 0 Å². The molecule has 1 aliphatic rings. The zero-order valence-corrected chi connectivity index (χ0v) is 20.1. The molecular weight excluding hydrogens is 426 g/mol. The SMILES string of the molecule is COc1ccc(/C(O)=C2/C(=O)C(=O)N(c3ccc(C)c(C)c3)C2c2ccccc2)cc1C(C)C. The number of Topliss-reactive ketones (excluding diaryl/α,β-unsaturated/α-hetero) is 1. The number of aryl methyl sites for hydroxylation is 2. The van der Waals surface area contributed by atoms with Gasteiger partial charge < -0.3 is 9.84 Å². The molecule has 0 aliphatic carbocycles. The van der Waals surface area contributed by atoms with Gasteiger partial charge in [0, 0.05) is 11.3 Å². The maximum atomic E-state index is 13.3. The molecule has 34 heavy (non-hydrogen) atoms. The second-order valence-electron chi connectivity index (χ2n) is 8.96. The van der Waals surface area contributed by atoms with E-state index in [-0.39, 0.29) is 17.3 Å². The van der Waals surface area contributed by atoms with Gasteiger partial charge in [-0.05, 0) is 72.4 Å². The molecule has 0 aromatic heterocycles. The van der Waals surface area contributed by atoms with Crippen LogP contribution in [-0.4, -0.2) is 23.9 Å². The summed E-state index contributed by atoms with van der Waals surface area (Å²) in [5.41, 5.74) is 4.94. The van der Waals surface area contributed by atoms with Crippen LogP contribution in [0, 0.1) is 13.8 Å². The van der Waals surface area contributed by atoms with Crippen LogP contribution >= 0.6 is 0 Å². The fourth-order valence-electron chi connectivity index (χ4n) is 4.41. The number of carbonyl (C=O) groups is 2. The van der Waals surface area contributed by atoms with Crippen LogP contribution < -0.4 is 9.64 Å². The Hall–Kier alpha value is -3.86. The molecule has 1 saturated heterocycles. The number of rotatable bonds is 5. The van der Waals surface area contributed by atoms with Gasteiger partial charge in [0.2, 0.25) is 0 Å². The zero-order valence-electron chi connectivity index (χ0n) is 20.1. The van der Waals surface area contributed by atoms with Crippen molar-refractivity contribution in [3.8, 4) is 5.75 Å². The number of ether oxygens (including phenoxy) is 1. The normalized spacial score (nSPS) is 17.5. The first-order valence-electron chi connectivity index (χ1n) is 11.4. The summed E-state index contributed by atoms with van der Waals surface area (Å²) in [6, 6.07) is 19.6. The molecular formula is C29H29NO4. The van der Waals surface area contributed by atoms with E-state index >= 15 is 0 Å². The fraction of sp³-hybridized carbons (Fsp3) is 0.241. The molecule has 4 rings (SSSR count). The number of ketones is 1. The third kappa shape index (κ3) is 3.98. The number of benzene rings is 3. The lowest BCUT2D eigenvalue weighted by atomic mass is 9.93. The molecule has 1 unspecified atom stereocenters.